The van der Waals surface area contributed by atoms with Crippen LogP contribution in [-0.4, -0.2) is 29.8 Å². The molecule has 0 aliphatic rings. The first kappa shape index (κ1) is 15.0. The zero-order chi connectivity index (χ0) is 13.6. The summed E-state index contributed by atoms with van der Waals surface area (Å²) in [6.07, 6.45) is -3.72. The van der Waals surface area contributed by atoms with Gasteiger partial charge in [0.05, 0.1) is 6.61 Å². The molecule has 0 fully saturated rings. The maximum atomic E-state index is 12.4. The van der Waals surface area contributed by atoms with Gasteiger partial charge in [-0.15, -0.1) is 0 Å². The van der Waals surface area contributed by atoms with E-state index in [2.05, 4.69) is 9.97 Å². The fraction of sp³-hybridized carbons (Fsp3) is 0.600. The first-order valence-electron chi connectivity index (χ1n) is 5.25. The second kappa shape index (κ2) is 6.75. The SMILES string of the molecule is CCCOCCOc1cc(C(F)(F)F)nc(Cl)n1. The molecule has 0 atom stereocenters. The lowest BCUT2D eigenvalue weighted by atomic mass is 10.4. The minimum Gasteiger partial charge on any atom is -0.475 e. The van der Waals surface area contributed by atoms with Crippen molar-refractivity contribution >= 4 is 11.6 Å². The highest BCUT2D eigenvalue weighted by molar-refractivity contribution is 6.28. The smallest absolute Gasteiger partial charge is 0.433 e. The summed E-state index contributed by atoms with van der Waals surface area (Å²) in [7, 11) is 0. The largest absolute Gasteiger partial charge is 0.475 e. The Kier molecular flexibility index (Phi) is 5.61. The van der Waals surface area contributed by atoms with Crippen LogP contribution in [0.2, 0.25) is 5.28 Å². The number of hydrogen-bond acceptors (Lipinski definition) is 4. The van der Waals surface area contributed by atoms with Gasteiger partial charge in [0.1, 0.15) is 6.61 Å². The maximum absolute atomic E-state index is 12.4. The molecule has 4 nitrogen and oxygen atoms in total. The van der Waals surface area contributed by atoms with E-state index in [9.17, 15) is 13.2 Å². The van der Waals surface area contributed by atoms with Crippen LogP contribution in [0.25, 0.3) is 0 Å². The molecule has 102 valence electrons. The van der Waals surface area contributed by atoms with Crippen molar-refractivity contribution in [1.82, 2.24) is 9.97 Å². The Hall–Kier alpha value is -1.08. The molecule has 8 heteroatoms. The van der Waals surface area contributed by atoms with Crippen molar-refractivity contribution in [3.05, 3.63) is 17.0 Å². The summed E-state index contributed by atoms with van der Waals surface area (Å²) in [5, 5.41) is -0.505. The zero-order valence-corrected chi connectivity index (χ0v) is 10.4. The van der Waals surface area contributed by atoms with E-state index in [0.717, 1.165) is 6.42 Å². The Balaban J connectivity index is 2.58. The van der Waals surface area contributed by atoms with Crippen molar-refractivity contribution in [3.8, 4) is 5.88 Å². The molecule has 0 N–H and O–H groups in total. The van der Waals surface area contributed by atoms with Crippen molar-refractivity contribution in [1.29, 1.82) is 0 Å². The maximum Gasteiger partial charge on any atom is 0.433 e. The summed E-state index contributed by atoms with van der Waals surface area (Å²) in [6, 6.07) is 0.700. The molecule has 0 radical (unpaired) electrons. The summed E-state index contributed by atoms with van der Waals surface area (Å²) in [5.74, 6) is -0.220. The normalized spacial score (nSPS) is 11.6. The molecule has 0 aliphatic heterocycles. The third-order valence-corrected chi connectivity index (χ3v) is 1.96. The van der Waals surface area contributed by atoms with E-state index >= 15 is 0 Å². The van der Waals surface area contributed by atoms with Gasteiger partial charge in [0.2, 0.25) is 11.2 Å². The van der Waals surface area contributed by atoms with Crippen LogP contribution in [0.1, 0.15) is 19.0 Å². The summed E-state index contributed by atoms with van der Waals surface area (Å²) in [5.41, 5.74) is -1.13. The zero-order valence-electron chi connectivity index (χ0n) is 9.63. The Bertz CT molecular complexity index is 388. The summed E-state index contributed by atoms with van der Waals surface area (Å²) in [6.45, 7) is 2.89. The fourth-order valence-corrected chi connectivity index (χ4v) is 1.24. The van der Waals surface area contributed by atoms with Crippen LogP contribution in [0.4, 0.5) is 13.2 Å². The number of rotatable bonds is 6. The van der Waals surface area contributed by atoms with Crippen molar-refractivity contribution in [2.45, 2.75) is 19.5 Å². The average Bonchev–Trinajstić information content (AvgIpc) is 2.27. The number of aromatic nitrogens is 2. The third-order valence-electron chi connectivity index (χ3n) is 1.79. The van der Waals surface area contributed by atoms with Gasteiger partial charge >= 0.3 is 6.18 Å². The highest BCUT2D eigenvalue weighted by atomic mass is 35.5. The monoisotopic (exact) mass is 284 g/mol. The molecule has 0 aliphatic carbocycles. The lowest BCUT2D eigenvalue weighted by molar-refractivity contribution is -0.141. The van der Waals surface area contributed by atoms with Gasteiger partial charge in [-0.1, -0.05) is 6.92 Å². The van der Waals surface area contributed by atoms with Crippen molar-refractivity contribution in [2.75, 3.05) is 19.8 Å². The van der Waals surface area contributed by atoms with Gasteiger partial charge in [0.25, 0.3) is 0 Å². The first-order valence-corrected chi connectivity index (χ1v) is 5.63. The third kappa shape index (κ3) is 5.05. The number of ether oxygens (including phenoxy) is 2. The van der Waals surface area contributed by atoms with Gasteiger partial charge in [0.15, 0.2) is 5.69 Å². The van der Waals surface area contributed by atoms with Crippen molar-refractivity contribution < 1.29 is 22.6 Å². The molecule has 0 aromatic carbocycles. The van der Waals surface area contributed by atoms with Crippen LogP contribution in [0.5, 0.6) is 5.88 Å². The van der Waals surface area contributed by atoms with Gasteiger partial charge in [-0.05, 0) is 18.0 Å². The van der Waals surface area contributed by atoms with E-state index < -0.39 is 17.2 Å². The molecular weight excluding hydrogens is 273 g/mol. The van der Waals surface area contributed by atoms with Gasteiger partial charge in [-0.3, -0.25) is 0 Å². The number of hydrogen-bond donors (Lipinski definition) is 0. The molecule has 1 rings (SSSR count). The minimum absolute atomic E-state index is 0.102. The number of halogens is 4. The highest BCUT2D eigenvalue weighted by Crippen LogP contribution is 2.30. The van der Waals surface area contributed by atoms with Gasteiger partial charge in [-0.2, -0.15) is 18.2 Å². The van der Waals surface area contributed by atoms with Crippen LogP contribution in [-0.2, 0) is 10.9 Å². The second-order valence-corrected chi connectivity index (χ2v) is 3.66. The van der Waals surface area contributed by atoms with Gasteiger partial charge in [-0.25, -0.2) is 4.98 Å². The molecule has 1 aromatic heterocycles. The second-order valence-electron chi connectivity index (χ2n) is 3.32. The van der Waals surface area contributed by atoms with Crippen LogP contribution in [0.3, 0.4) is 0 Å². The average molecular weight is 285 g/mol. The lowest BCUT2D eigenvalue weighted by Gasteiger charge is -2.09. The van der Waals surface area contributed by atoms with E-state index in [1.165, 1.54) is 0 Å². The topological polar surface area (TPSA) is 44.2 Å². The molecule has 18 heavy (non-hydrogen) atoms. The van der Waals surface area contributed by atoms with Crippen LogP contribution < -0.4 is 4.74 Å². The van der Waals surface area contributed by atoms with Crippen molar-refractivity contribution in [3.63, 3.8) is 0 Å². The molecule has 0 amide bonds. The summed E-state index contributed by atoms with van der Waals surface area (Å²) >= 11 is 5.39. The summed E-state index contributed by atoms with van der Waals surface area (Å²) < 4.78 is 47.3. The standard InChI is InChI=1S/C10H12ClF3N2O2/c1-2-3-17-4-5-18-8-6-7(10(12,13)14)15-9(11)16-8/h6H,2-5H2,1H3. The van der Waals surface area contributed by atoms with Gasteiger partial charge < -0.3 is 9.47 Å². The predicted octanol–water partition coefficient (Wildman–Crippen LogP) is 2.95. The summed E-state index contributed by atoms with van der Waals surface area (Å²) in [4.78, 5) is 6.62. The molecule has 0 bridgehead atoms. The number of nitrogens with zero attached hydrogens (tertiary/aromatic N) is 2. The van der Waals surface area contributed by atoms with Crippen LogP contribution in [0, 0.1) is 0 Å². The molecule has 0 saturated carbocycles. The van der Waals surface area contributed by atoms with E-state index in [0.29, 0.717) is 12.7 Å². The van der Waals surface area contributed by atoms with Crippen LogP contribution in [0.15, 0.2) is 6.07 Å². The number of alkyl halides is 3. The molecule has 1 aromatic rings. The Morgan fingerprint density at radius 2 is 1.94 bits per heavy atom. The molecule has 0 unspecified atom stereocenters. The van der Waals surface area contributed by atoms with E-state index in [-0.39, 0.29) is 19.1 Å². The van der Waals surface area contributed by atoms with E-state index in [1.807, 2.05) is 6.92 Å². The molecule has 1 heterocycles. The Labute approximate surface area is 107 Å². The highest BCUT2D eigenvalue weighted by Gasteiger charge is 2.33. The minimum atomic E-state index is -4.58. The first-order chi connectivity index (χ1) is 8.43. The van der Waals surface area contributed by atoms with Crippen molar-refractivity contribution in [2.24, 2.45) is 0 Å². The van der Waals surface area contributed by atoms with E-state index in [4.69, 9.17) is 21.1 Å². The predicted molar refractivity (Wildman–Crippen MR) is 58.6 cm³/mol. The quantitative estimate of drug-likeness (QED) is 0.595. The fourth-order valence-electron chi connectivity index (χ4n) is 1.07. The van der Waals surface area contributed by atoms with Gasteiger partial charge in [0, 0.05) is 12.7 Å². The lowest BCUT2D eigenvalue weighted by Crippen LogP contribution is -2.12. The molecular formula is C10H12ClF3N2O2. The molecule has 0 spiro atoms. The molecule has 0 saturated heterocycles. The van der Waals surface area contributed by atoms with E-state index in [1.54, 1.807) is 0 Å². The van der Waals surface area contributed by atoms with Crippen LogP contribution >= 0.6 is 11.6 Å². The Morgan fingerprint density at radius 1 is 1.22 bits per heavy atom. The Morgan fingerprint density at radius 3 is 2.56 bits per heavy atom.